The van der Waals surface area contributed by atoms with E-state index in [0.717, 1.165) is 24.8 Å². The summed E-state index contributed by atoms with van der Waals surface area (Å²) in [5.74, 6) is -1.44. The molecule has 0 aliphatic carbocycles. The molecule has 0 spiro atoms. The zero-order valence-electron chi connectivity index (χ0n) is 22.9. The fourth-order valence-corrected chi connectivity index (χ4v) is 5.03. The summed E-state index contributed by atoms with van der Waals surface area (Å²) in [6.45, 7) is 4.80. The Balaban J connectivity index is 1.77. The first kappa shape index (κ1) is 29.9. The van der Waals surface area contributed by atoms with Gasteiger partial charge in [-0.25, -0.2) is 14.2 Å². The van der Waals surface area contributed by atoms with E-state index in [4.69, 9.17) is 18.9 Å². The summed E-state index contributed by atoms with van der Waals surface area (Å²) in [5, 5.41) is 2.75. The number of carbonyl (C=O) groups excluding carboxylic acids is 3. The first-order valence-corrected chi connectivity index (χ1v) is 13.3. The number of aromatic nitrogens is 1. The highest BCUT2D eigenvalue weighted by Crippen LogP contribution is 2.33. The van der Waals surface area contributed by atoms with Gasteiger partial charge in [0.25, 0.3) is 5.91 Å². The van der Waals surface area contributed by atoms with Gasteiger partial charge < -0.3 is 24.3 Å². The fourth-order valence-electron chi connectivity index (χ4n) is 5.03. The van der Waals surface area contributed by atoms with Gasteiger partial charge in [-0.3, -0.25) is 9.59 Å². The molecule has 1 N–H and O–H groups in total. The number of nitrogens with one attached hydrogen (secondary N) is 1. The highest BCUT2D eigenvalue weighted by molar-refractivity contribution is 5.98. The lowest BCUT2D eigenvalue weighted by Gasteiger charge is -2.31. The van der Waals surface area contributed by atoms with Gasteiger partial charge in [0.05, 0.1) is 7.11 Å². The van der Waals surface area contributed by atoms with E-state index < -0.39 is 36.8 Å². The summed E-state index contributed by atoms with van der Waals surface area (Å²) in [7, 11) is 1.40. The van der Waals surface area contributed by atoms with E-state index in [1.807, 2.05) is 6.92 Å². The molecule has 1 amide bonds. The maximum atomic E-state index is 13.5. The van der Waals surface area contributed by atoms with Gasteiger partial charge in [-0.05, 0) is 49.8 Å². The van der Waals surface area contributed by atoms with Crippen molar-refractivity contribution in [3.63, 3.8) is 0 Å². The molecular formula is C29H37FN2O7. The van der Waals surface area contributed by atoms with Gasteiger partial charge in [-0.2, -0.15) is 0 Å². The second-order valence-electron chi connectivity index (χ2n) is 9.73. The second-order valence-corrected chi connectivity index (χ2v) is 9.73. The number of pyridine rings is 1. The molecule has 4 atom stereocenters. The molecule has 1 fully saturated rings. The minimum absolute atomic E-state index is 0.00840. The maximum Gasteiger partial charge on any atom is 0.328 e. The van der Waals surface area contributed by atoms with Crippen LogP contribution in [0, 0.1) is 17.7 Å². The molecule has 0 bridgehead atoms. The third-order valence-electron chi connectivity index (χ3n) is 6.98. The number of hydrogen-bond donors (Lipinski definition) is 1. The van der Waals surface area contributed by atoms with Crippen molar-refractivity contribution >= 4 is 17.8 Å². The summed E-state index contributed by atoms with van der Waals surface area (Å²) in [4.78, 5) is 41.7. The summed E-state index contributed by atoms with van der Waals surface area (Å²) in [6, 6.07) is 7.04. The number of nitrogens with zero attached hydrogens (tertiary/aromatic N) is 1. The predicted molar refractivity (Wildman–Crippen MR) is 141 cm³/mol. The SMILES string of the molecule is CCC[C@H]1CCC[C@H](NC(=O)c2nccc(OC)c2OCOC(C)=O)C(=O)O[C@@H](C)[C@@H]1Cc1ccc(F)cc1. The number of cyclic esters (lactones) is 1. The summed E-state index contributed by atoms with van der Waals surface area (Å²) in [6.07, 6.45) is 5.56. The molecule has 0 unspecified atom stereocenters. The van der Waals surface area contributed by atoms with Crippen molar-refractivity contribution < 1.29 is 37.7 Å². The van der Waals surface area contributed by atoms with Gasteiger partial charge in [-0.15, -0.1) is 0 Å². The van der Waals surface area contributed by atoms with Crippen molar-refractivity contribution in [3.8, 4) is 11.5 Å². The normalized spacial score (nSPS) is 21.5. The van der Waals surface area contributed by atoms with Crippen LogP contribution in [0.3, 0.4) is 0 Å². The third-order valence-corrected chi connectivity index (χ3v) is 6.98. The zero-order chi connectivity index (χ0) is 28.4. The Labute approximate surface area is 228 Å². The lowest BCUT2D eigenvalue weighted by molar-refractivity contribution is -0.154. The van der Waals surface area contributed by atoms with E-state index in [0.29, 0.717) is 25.2 Å². The molecule has 0 saturated carbocycles. The topological polar surface area (TPSA) is 113 Å². The Morgan fingerprint density at radius 1 is 1.18 bits per heavy atom. The lowest BCUT2D eigenvalue weighted by atomic mass is 9.78. The Bertz CT molecular complexity index is 1130. The predicted octanol–water partition coefficient (Wildman–Crippen LogP) is 4.62. The third kappa shape index (κ3) is 8.40. The minimum Gasteiger partial charge on any atom is -0.493 e. The largest absolute Gasteiger partial charge is 0.493 e. The molecule has 1 aromatic carbocycles. The molecule has 2 heterocycles. The van der Waals surface area contributed by atoms with E-state index >= 15 is 0 Å². The monoisotopic (exact) mass is 544 g/mol. The minimum atomic E-state index is -0.888. The number of amides is 1. The number of halogens is 1. The van der Waals surface area contributed by atoms with Crippen LogP contribution in [0.1, 0.15) is 68.9 Å². The van der Waals surface area contributed by atoms with E-state index in [1.165, 1.54) is 38.4 Å². The Morgan fingerprint density at radius 3 is 2.59 bits per heavy atom. The molecular weight excluding hydrogens is 507 g/mol. The zero-order valence-corrected chi connectivity index (χ0v) is 22.9. The molecule has 2 aromatic rings. The number of benzene rings is 1. The van der Waals surface area contributed by atoms with E-state index in [-0.39, 0.29) is 28.9 Å². The van der Waals surface area contributed by atoms with Crippen LogP contribution in [-0.4, -0.2) is 48.9 Å². The molecule has 1 saturated heterocycles. The van der Waals surface area contributed by atoms with Gasteiger partial charge in [0.1, 0.15) is 18.0 Å². The van der Waals surface area contributed by atoms with Crippen molar-refractivity contribution in [2.75, 3.05) is 13.9 Å². The van der Waals surface area contributed by atoms with Crippen molar-refractivity contribution in [2.24, 2.45) is 11.8 Å². The molecule has 1 aromatic heterocycles. The number of esters is 2. The summed E-state index contributed by atoms with van der Waals surface area (Å²) < 4.78 is 34.9. The summed E-state index contributed by atoms with van der Waals surface area (Å²) >= 11 is 0. The quantitative estimate of drug-likeness (QED) is 0.341. The smallest absolute Gasteiger partial charge is 0.328 e. The van der Waals surface area contributed by atoms with Crippen LogP contribution >= 0.6 is 0 Å². The molecule has 0 radical (unpaired) electrons. The molecule has 9 nitrogen and oxygen atoms in total. The highest BCUT2D eigenvalue weighted by atomic mass is 19.1. The van der Waals surface area contributed by atoms with E-state index in [9.17, 15) is 18.8 Å². The van der Waals surface area contributed by atoms with Crippen LogP contribution in [0.4, 0.5) is 4.39 Å². The number of carbonyl (C=O) groups is 3. The second kappa shape index (κ2) is 14.5. The van der Waals surface area contributed by atoms with Crippen LogP contribution in [0.15, 0.2) is 36.5 Å². The Kier molecular flexibility index (Phi) is 11.1. The van der Waals surface area contributed by atoms with Crippen LogP contribution in [0.2, 0.25) is 0 Å². The van der Waals surface area contributed by atoms with Crippen molar-refractivity contribution in [1.29, 1.82) is 0 Å². The van der Waals surface area contributed by atoms with Gasteiger partial charge in [0, 0.05) is 25.1 Å². The van der Waals surface area contributed by atoms with Gasteiger partial charge in [0.15, 0.2) is 17.2 Å². The molecule has 1 aliphatic rings. The van der Waals surface area contributed by atoms with Gasteiger partial charge >= 0.3 is 11.9 Å². The van der Waals surface area contributed by atoms with Crippen molar-refractivity contribution in [2.45, 2.75) is 71.4 Å². The van der Waals surface area contributed by atoms with Crippen LogP contribution < -0.4 is 14.8 Å². The first-order valence-electron chi connectivity index (χ1n) is 13.3. The average molecular weight is 545 g/mol. The maximum absolute atomic E-state index is 13.5. The van der Waals surface area contributed by atoms with Crippen molar-refractivity contribution in [1.82, 2.24) is 10.3 Å². The van der Waals surface area contributed by atoms with Crippen LogP contribution in [0.25, 0.3) is 0 Å². The molecule has 10 heteroatoms. The average Bonchev–Trinajstić information content (AvgIpc) is 2.95. The molecule has 212 valence electrons. The fraction of sp³-hybridized carbons (Fsp3) is 0.517. The lowest BCUT2D eigenvalue weighted by Crippen LogP contribution is -2.43. The number of hydrogen-bond acceptors (Lipinski definition) is 8. The number of rotatable bonds is 10. The molecule has 1 aliphatic heterocycles. The van der Waals surface area contributed by atoms with E-state index in [2.05, 4.69) is 17.2 Å². The van der Waals surface area contributed by atoms with Crippen molar-refractivity contribution in [3.05, 3.63) is 53.6 Å². The van der Waals surface area contributed by atoms with Gasteiger partial charge in [0.2, 0.25) is 6.79 Å². The summed E-state index contributed by atoms with van der Waals surface area (Å²) in [5.41, 5.74) is 0.875. The molecule has 39 heavy (non-hydrogen) atoms. The van der Waals surface area contributed by atoms with Crippen LogP contribution in [-0.2, 0) is 25.5 Å². The Hall–Kier alpha value is -3.69. The standard InChI is InChI=1S/C29H37FN2O7/c1-5-7-21-8-6-9-24(29(35)39-18(2)23(21)16-20-10-12-22(30)13-11-20)32-28(34)26-27(38-17-37-19(3)33)25(36-4)14-15-31-26/h10-15,18,21,23-24H,5-9,16-17H2,1-4H3,(H,32,34)/t18-,21-,23-,24-/m0/s1. The number of methoxy groups -OCH3 is 1. The van der Waals surface area contributed by atoms with E-state index in [1.54, 1.807) is 12.1 Å². The highest BCUT2D eigenvalue weighted by Gasteiger charge is 2.34. The van der Waals surface area contributed by atoms with Gasteiger partial charge in [-0.1, -0.05) is 38.3 Å². The Morgan fingerprint density at radius 2 is 1.92 bits per heavy atom. The number of ether oxygens (including phenoxy) is 4. The molecule has 3 rings (SSSR count). The first-order chi connectivity index (χ1) is 18.7. The van der Waals surface area contributed by atoms with Crippen LogP contribution in [0.5, 0.6) is 11.5 Å².